The van der Waals surface area contributed by atoms with Gasteiger partial charge in [-0.1, -0.05) is 22.0 Å². The normalized spacial score (nSPS) is 12.8. The minimum Gasteiger partial charge on any atom is -0.394 e. The van der Waals surface area contributed by atoms with Crippen molar-refractivity contribution >= 4 is 27.6 Å². The first-order chi connectivity index (χ1) is 12.5. The van der Waals surface area contributed by atoms with E-state index in [4.69, 9.17) is 9.84 Å². The van der Waals surface area contributed by atoms with Gasteiger partial charge in [0.1, 0.15) is 18.1 Å². The van der Waals surface area contributed by atoms with Crippen LogP contribution in [0.3, 0.4) is 0 Å². The third-order valence-electron chi connectivity index (χ3n) is 3.98. The molecule has 0 saturated carbocycles. The number of aromatic nitrogens is 1. The van der Waals surface area contributed by atoms with Gasteiger partial charge in [-0.05, 0) is 23.8 Å². The highest BCUT2D eigenvalue weighted by molar-refractivity contribution is 9.10. The number of hydrogen-bond acceptors (Lipinski definition) is 5. The summed E-state index contributed by atoms with van der Waals surface area (Å²) in [7, 11) is 0. The third kappa shape index (κ3) is 3.98. The van der Waals surface area contributed by atoms with E-state index in [-0.39, 0.29) is 43.6 Å². The number of carbonyl (C=O) groups is 2. The van der Waals surface area contributed by atoms with E-state index in [0.717, 1.165) is 0 Å². The topological polar surface area (TPSA) is 88.5 Å². The van der Waals surface area contributed by atoms with Crippen molar-refractivity contribution in [3.05, 3.63) is 62.6 Å². The largest absolute Gasteiger partial charge is 0.394 e. The molecule has 0 atom stereocenters. The molecule has 136 valence electrons. The van der Waals surface area contributed by atoms with Gasteiger partial charge in [-0.3, -0.25) is 9.59 Å². The molecule has 1 aromatic carbocycles. The van der Waals surface area contributed by atoms with Gasteiger partial charge in [0, 0.05) is 28.6 Å². The molecule has 0 radical (unpaired) electrons. The number of amides is 1. The molecular weight excluding hydrogens is 407 g/mol. The number of rotatable bonds is 7. The summed E-state index contributed by atoms with van der Waals surface area (Å²) >= 11 is 3.20. The Labute approximate surface area is 157 Å². The SMILES string of the molecule is O=C(COCCO)c1cc2c(nc1Cc1ccc(Br)cc1F)C(=O)NC2. The van der Waals surface area contributed by atoms with Crippen LogP contribution in [0.2, 0.25) is 0 Å². The highest BCUT2D eigenvalue weighted by Crippen LogP contribution is 2.23. The lowest BCUT2D eigenvalue weighted by atomic mass is 9.99. The number of halogens is 2. The molecule has 0 bridgehead atoms. The summed E-state index contributed by atoms with van der Waals surface area (Å²) in [6.07, 6.45) is 0.0702. The van der Waals surface area contributed by atoms with Crippen LogP contribution in [0.1, 0.15) is 37.7 Å². The van der Waals surface area contributed by atoms with Crippen molar-refractivity contribution in [3.63, 3.8) is 0 Å². The Morgan fingerprint density at radius 2 is 2.19 bits per heavy atom. The van der Waals surface area contributed by atoms with Crippen LogP contribution in [0.25, 0.3) is 0 Å². The minimum absolute atomic E-state index is 0.0425. The molecule has 1 aliphatic heterocycles. The first kappa shape index (κ1) is 18.6. The van der Waals surface area contributed by atoms with Crippen LogP contribution >= 0.6 is 15.9 Å². The van der Waals surface area contributed by atoms with Crippen LogP contribution in [0.15, 0.2) is 28.7 Å². The van der Waals surface area contributed by atoms with Crippen LogP contribution in [0.4, 0.5) is 4.39 Å². The molecule has 1 aromatic heterocycles. The third-order valence-corrected chi connectivity index (χ3v) is 4.47. The summed E-state index contributed by atoms with van der Waals surface area (Å²) in [6.45, 7) is -0.0734. The fourth-order valence-corrected chi connectivity index (χ4v) is 3.05. The zero-order valence-corrected chi connectivity index (χ0v) is 15.3. The Hall–Kier alpha value is -2.16. The summed E-state index contributed by atoms with van der Waals surface area (Å²) in [6, 6.07) is 6.24. The number of pyridine rings is 1. The minimum atomic E-state index is -0.430. The summed E-state index contributed by atoms with van der Waals surface area (Å²) in [5.74, 6) is -1.07. The number of hydrogen-bond donors (Lipinski definition) is 2. The maximum Gasteiger partial charge on any atom is 0.270 e. The van der Waals surface area contributed by atoms with Crippen LogP contribution in [-0.4, -0.2) is 41.6 Å². The molecule has 8 heteroatoms. The molecule has 0 saturated heterocycles. The molecule has 0 spiro atoms. The van der Waals surface area contributed by atoms with E-state index in [0.29, 0.717) is 33.4 Å². The van der Waals surface area contributed by atoms with Crippen molar-refractivity contribution in [1.29, 1.82) is 0 Å². The Morgan fingerprint density at radius 3 is 2.92 bits per heavy atom. The van der Waals surface area contributed by atoms with E-state index in [9.17, 15) is 14.0 Å². The first-order valence-corrected chi connectivity index (χ1v) is 8.75. The zero-order valence-electron chi connectivity index (χ0n) is 13.7. The summed E-state index contributed by atoms with van der Waals surface area (Å²) in [5, 5.41) is 11.4. The molecule has 0 aliphatic carbocycles. The van der Waals surface area contributed by atoms with Gasteiger partial charge < -0.3 is 15.2 Å². The van der Waals surface area contributed by atoms with Gasteiger partial charge in [0.15, 0.2) is 5.78 Å². The molecule has 1 aliphatic rings. The predicted molar refractivity (Wildman–Crippen MR) is 94.5 cm³/mol. The Morgan fingerprint density at radius 1 is 1.38 bits per heavy atom. The number of nitrogens with zero attached hydrogens (tertiary/aromatic N) is 1. The van der Waals surface area contributed by atoms with E-state index in [1.54, 1.807) is 18.2 Å². The van der Waals surface area contributed by atoms with Gasteiger partial charge in [0.05, 0.1) is 18.9 Å². The van der Waals surface area contributed by atoms with Crippen LogP contribution < -0.4 is 5.32 Å². The Kier molecular flexibility index (Phi) is 5.75. The number of fused-ring (bicyclic) bond motifs is 1. The Balaban J connectivity index is 1.97. The van der Waals surface area contributed by atoms with Crippen molar-refractivity contribution < 1.29 is 23.8 Å². The molecular formula is C18H16BrFN2O4. The molecule has 1 amide bonds. The second-order valence-electron chi connectivity index (χ2n) is 5.78. The second-order valence-corrected chi connectivity index (χ2v) is 6.70. The molecule has 3 rings (SSSR count). The fraction of sp³-hybridized carbons (Fsp3) is 0.278. The van der Waals surface area contributed by atoms with E-state index < -0.39 is 5.82 Å². The van der Waals surface area contributed by atoms with Crippen LogP contribution in [0.5, 0.6) is 0 Å². The molecule has 0 fully saturated rings. The van der Waals surface area contributed by atoms with Gasteiger partial charge in [0.25, 0.3) is 5.91 Å². The first-order valence-electron chi connectivity index (χ1n) is 7.96. The van der Waals surface area contributed by atoms with Crippen molar-refractivity contribution in [1.82, 2.24) is 10.3 Å². The van der Waals surface area contributed by atoms with Gasteiger partial charge in [-0.2, -0.15) is 0 Å². The van der Waals surface area contributed by atoms with Crippen molar-refractivity contribution in [2.45, 2.75) is 13.0 Å². The second kappa shape index (κ2) is 8.03. The lowest BCUT2D eigenvalue weighted by Gasteiger charge is -2.11. The number of benzene rings is 1. The zero-order chi connectivity index (χ0) is 18.7. The quantitative estimate of drug-likeness (QED) is 0.526. The molecule has 2 heterocycles. The average Bonchev–Trinajstić information content (AvgIpc) is 2.97. The van der Waals surface area contributed by atoms with E-state index in [1.165, 1.54) is 6.07 Å². The van der Waals surface area contributed by atoms with Crippen molar-refractivity contribution in [3.8, 4) is 0 Å². The van der Waals surface area contributed by atoms with Gasteiger partial charge >= 0.3 is 0 Å². The lowest BCUT2D eigenvalue weighted by molar-refractivity contribution is 0.0662. The number of nitrogens with one attached hydrogen (secondary N) is 1. The fourth-order valence-electron chi connectivity index (χ4n) is 2.71. The van der Waals surface area contributed by atoms with E-state index >= 15 is 0 Å². The molecule has 0 unspecified atom stereocenters. The number of Topliss-reactive ketones (excluding diaryl/α,β-unsaturated/α-hetero) is 1. The summed E-state index contributed by atoms with van der Waals surface area (Å²) < 4.78 is 19.9. The maximum atomic E-state index is 14.2. The van der Waals surface area contributed by atoms with E-state index in [2.05, 4.69) is 26.2 Å². The molecule has 26 heavy (non-hydrogen) atoms. The Bertz CT molecular complexity index is 873. The van der Waals surface area contributed by atoms with Crippen molar-refractivity contribution in [2.75, 3.05) is 19.8 Å². The van der Waals surface area contributed by atoms with Crippen molar-refractivity contribution in [2.24, 2.45) is 0 Å². The summed E-state index contributed by atoms with van der Waals surface area (Å²) in [5.41, 5.74) is 1.86. The van der Waals surface area contributed by atoms with Gasteiger partial charge in [-0.25, -0.2) is 9.37 Å². The number of ketones is 1. The number of aliphatic hydroxyl groups excluding tert-OH is 1. The smallest absolute Gasteiger partial charge is 0.270 e. The number of carbonyl (C=O) groups excluding carboxylic acids is 2. The molecule has 2 aromatic rings. The van der Waals surface area contributed by atoms with Gasteiger partial charge in [-0.15, -0.1) is 0 Å². The van der Waals surface area contributed by atoms with E-state index in [1.807, 2.05) is 0 Å². The molecule has 2 N–H and O–H groups in total. The van der Waals surface area contributed by atoms with Crippen LogP contribution in [0, 0.1) is 5.82 Å². The average molecular weight is 423 g/mol. The number of ether oxygens (including phenoxy) is 1. The lowest BCUT2D eigenvalue weighted by Crippen LogP contribution is -2.17. The number of aliphatic hydroxyl groups is 1. The standard InChI is InChI=1S/C18H16BrFN2O4/c19-12-2-1-10(14(20)7-12)6-15-13(16(24)9-26-4-3-23)5-11-8-21-18(25)17(11)22-15/h1-2,5,7,23H,3-4,6,8-9H2,(H,21,25). The van der Waals surface area contributed by atoms with Gasteiger partial charge in [0.2, 0.25) is 0 Å². The highest BCUT2D eigenvalue weighted by Gasteiger charge is 2.25. The monoisotopic (exact) mass is 422 g/mol. The highest BCUT2D eigenvalue weighted by atomic mass is 79.9. The predicted octanol–water partition coefficient (Wildman–Crippen LogP) is 2.01. The van der Waals surface area contributed by atoms with Crippen LogP contribution in [-0.2, 0) is 17.7 Å². The summed E-state index contributed by atoms with van der Waals surface area (Å²) in [4.78, 5) is 28.7. The maximum absolute atomic E-state index is 14.2. The molecule has 6 nitrogen and oxygen atoms in total.